The summed E-state index contributed by atoms with van der Waals surface area (Å²) < 4.78 is 5.81. The standard InChI is InChI=1S/C23H28N4O3S/c1-14(2)10-22(29)26-18-7-5-6-17(11-18)23-27-19(16(4)30-23)12-24-21(28)9-8-20-15(3)25-13-31-20/h5-7,11,13-14H,8-10,12H2,1-4H3,(H,24,28)(H,26,29). The molecule has 0 aliphatic rings. The van der Waals surface area contributed by atoms with Gasteiger partial charge < -0.3 is 15.1 Å². The molecular formula is C23H28N4O3S. The minimum absolute atomic E-state index is 0.0207. The predicted octanol–water partition coefficient (Wildman–Crippen LogP) is 4.65. The van der Waals surface area contributed by atoms with Gasteiger partial charge in [0.25, 0.3) is 0 Å². The molecule has 0 aliphatic carbocycles. The lowest BCUT2D eigenvalue weighted by molar-refractivity contribution is -0.121. The number of anilines is 1. The van der Waals surface area contributed by atoms with E-state index in [9.17, 15) is 9.59 Å². The van der Waals surface area contributed by atoms with E-state index in [0.29, 0.717) is 54.8 Å². The van der Waals surface area contributed by atoms with Crippen molar-refractivity contribution in [2.45, 2.75) is 53.5 Å². The van der Waals surface area contributed by atoms with Crippen molar-refractivity contribution in [2.24, 2.45) is 5.92 Å². The third kappa shape index (κ3) is 6.49. The van der Waals surface area contributed by atoms with Gasteiger partial charge in [0, 0.05) is 29.0 Å². The molecule has 3 aromatic rings. The lowest BCUT2D eigenvalue weighted by Crippen LogP contribution is -2.23. The molecule has 3 rings (SSSR count). The Bertz CT molecular complexity index is 1050. The summed E-state index contributed by atoms with van der Waals surface area (Å²) in [5, 5.41) is 5.81. The van der Waals surface area contributed by atoms with Crippen molar-refractivity contribution < 1.29 is 14.0 Å². The number of carbonyl (C=O) groups excluding carboxylic acids is 2. The monoisotopic (exact) mass is 440 g/mol. The number of hydrogen-bond donors (Lipinski definition) is 2. The van der Waals surface area contributed by atoms with Crippen LogP contribution in [0.15, 0.2) is 34.2 Å². The summed E-state index contributed by atoms with van der Waals surface area (Å²) in [6.45, 7) is 8.10. The minimum Gasteiger partial charge on any atom is -0.441 e. The summed E-state index contributed by atoms with van der Waals surface area (Å²) in [5.41, 5.74) is 4.94. The second-order valence-corrected chi connectivity index (χ2v) is 8.83. The van der Waals surface area contributed by atoms with Crippen LogP contribution in [0.5, 0.6) is 0 Å². The molecule has 0 saturated carbocycles. The van der Waals surface area contributed by atoms with Gasteiger partial charge in [0.05, 0.1) is 17.7 Å². The van der Waals surface area contributed by atoms with Crippen molar-refractivity contribution in [3.05, 3.63) is 51.8 Å². The lowest BCUT2D eigenvalue weighted by atomic mass is 10.1. The molecule has 0 atom stereocenters. The van der Waals surface area contributed by atoms with Gasteiger partial charge in [-0.05, 0) is 44.4 Å². The number of aryl methyl sites for hydroxylation is 3. The highest BCUT2D eigenvalue weighted by atomic mass is 32.1. The van der Waals surface area contributed by atoms with E-state index in [-0.39, 0.29) is 11.8 Å². The molecular weight excluding hydrogens is 412 g/mol. The van der Waals surface area contributed by atoms with Gasteiger partial charge in [0.1, 0.15) is 11.5 Å². The number of hydrogen-bond acceptors (Lipinski definition) is 6. The number of amides is 2. The zero-order chi connectivity index (χ0) is 22.4. The predicted molar refractivity (Wildman–Crippen MR) is 122 cm³/mol. The average molecular weight is 441 g/mol. The molecule has 8 heteroatoms. The average Bonchev–Trinajstić information content (AvgIpc) is 3.29. The van der Waals surface area contributed by atoms with E-state index >= 15 is 0 Å². The van der Waals surface area contributed by atoms with Crippen molar-refractivity contribution in [1.82, 2.24) is 15.3 Å². The molecule has 31 heavy (non-hydrogen) atoms. The zero-order valence-corrected chi connectivity index (χ0v) is 19.1. The fourth-order valence-corrected chi connectivity index (χ4v) is 3.87. The molecule has 0 bridgehead atoms. The summed E-state index contributed by atoms with van der Waals surface area (Å²) in [6, 6.07) is 7.40. The van der Waals surface area contributed by atoms with Crippen molar-refractivity contribution >= 4 is 28.8 Å². The van der Waals surface area contributed by atoms with Gasteiger partial charge in [0.15, 0.2) is 0 Å². The molecule has 2 N–H and O–H groups in total. The number of nitrogens with one attached hydrogen (secondary N) is 2. The first-order valence-corrected chi connectivity index (χ1v) is 11.2. The highest BCUT2D eigenvalue weighted by Crippen LogP contribution is 2.24. The SMILES string of the molecule is Cc1ncsc1CCC(=O)NCc1nc(-c2cccc(NC(=O)CC(C)C)c2)oc1C. The van der Waals surface area contributed by atoms with Crippen molar-refractivity contribution in [1.29, 1.82) is 0 Å². The van der Waals surface area contributed by atoms with Crippen molar-refractivity contribution in [2.75, 3.05) is 5.32 Å². The maximum absolute atomic E-state index is 12.2. The summed E-state index contributed by atoms with van der Waals surface area (Å²) in [4.78, 5) is 34.1. The summed E-state index contributed by atoms with van der Waals surface area (Å²) >= 11 is 1.57. The van der Waals surface area contributed by atoms with Crippen LogP contribution in [-0.2, 0) is 22.6 Å². The fraction of sp³-hybridized carbons (Fsp3) is 0.391. The maximum Gasteiger partial charge on any atom is 0.226 e. The van der Waals surface area contributed by atoms with E-state index in [1.165, 1.54) is 0 Å². The number of oxazole rings is 1. The molecule has 0 aliphatic heterocycles. The fourth-order valence-electron chi connectivity index (χ4n) is 3.09. The van der Waals surface area contributed by atoms with Crippen LogP contribution < -0.4 is 10.6 Å². The molecule has 0 fully saturated rings. The van der Waals surface area contributed by atoms with E-state index < -0.39 is 0 Å². The highest BCUT2D eigenvalue weighted by molar-refractivity contribution is 7.09. The molecule has 2 amide bonds. The van der Waals surface area contributed by atoms with Gasteiger partial charge in [-0.25, -0.2) is 9.97 Å². The van der Waals surface area contributed by atoms with Crippen molar-refractivity contribution in [3.63, 3.8) is 0 Å². The van der Waals surface area contributed by atoms with Gasteiger partial charge in [-0.15, -0.1) is 11.3 Å². The van der Waals surface area contributed by atoms with E-state index in [4.69, 9.17) is 4.42 Å². The van der Waals surface area contributed by atoms with Gasteiger partial charge in [-0.1, -0.05) is 19.9 Å². The van der Waals surface area contributed by atoms with Gasteiger partial charge in [0.2, 0.25) is 17.7 Å². The smallest absolute Gasteiger partial charge is 0.226 e. The Morgan fingerprint density at radius 3 is 2.71 bits per heavy atom. The molecule has 7 nitrogen and oxygen atoms in total. The molecule has 1 aromatic carbocycles. The van der Waals surface area contributed by atoms with Crippen LogP contribution in [0.4, 0.5) is 5.69 Å². The number of carbonyl (C=O) groups is 2. The number of benzene rings is 1. The molecule has 2 heterocycles. The summed E-state index contributed by atoms with van der Waals surface area (Å²) in [6.07, 6.45) is 1.56. The molecule has 0 unspecified atom stereocenters. The van der Waals surface area contributed by atoms with Crippen LogP contribution in [0.2, 0.25) is 0 Å². The Hall–Kier alpha value is -3.00. The van der Waals surface area contributed by atoms with Crippen LogP contribution in [0.3, 0.4) is 0 Å². The minimum atomic E-state index is -0.0355. The topological polar surface area (TPSA) is 97.1 Å². The Kier molecular flexibility index (Phi) is 7.57. The largest absolute Gasteiger partial charge is 0.441 e. The van der Waals surface area contributed by atoms with Crippen LogP contribution in [0, 0.1) is 19.8 Å². The first-order chi connectivity index (χ1) is 14.8. The summed E-state index contributed by atoms with van der Waals surface area (Å²) in [5.74, 6) is 1.35. The van der Waals surface area contributed by atoms with Crippen LogP contribution in [0.25, 0.3) is 11.5 Å². The Morgan fingerprint density at radius 1 is 1.19 bits per heavy atom. The molecule has 0 radical (unpaired) electrons. The highest BCUT2D eigenvalue weighted by Gasteiger charge is 2.14. The van der Waals surface area contributed by atoms with Crippen molar-refractivity contribution in [3.8, 4) is 11.5 Å². The summed E-state index contributed by atoms with van der Waals surface area (Å²) in [7, 11) is 0. The number of thiazole rings is 1. The number of nitrogens with zero attached hydrogens (tertiary/aromatic N) is 2. The quantitative estimate of drug-likeness (QED) is 0.505. The third-order valence-corrected chi connectivity index (χ3v) is 5.75. The maximum atomic E-state index is 12.2. The van der Waals surface area contributed by atoms with Gasteiger partial charge in [-0.2, -0.15) is 0 Å². The number of aromatic nitrogens is 2. The van der Waals surface area contributed by atoms with E-state index in [0.717, 1.165) is 16.1 Å². The van der Waals surface area contributed by atoms with Gasteiger partial charge >= 0.3 is 0 Å². The van der Waals surface area contributed by atoms with E-state index in [1.54, 1.807) is 16.8 Å². The van der Waals surface area contributed by atoms with Gasteiger partial charge in [-0.3, -0.25) is 9.59 Å². The lowest BCUT2D eigenvalue weighted by Gasteiger charge is -2.07. The van der Waals surface area contributed by atoms with E-state index in [1.807, 2.05) is 52.0 Å². The second kappa shape index (κ2) is 10.3. The Balaban J connectivity index is 1.59. The normalized spacial score (nSPS) is 11.0. The van der Waals surface area contributed by atoms with Crippen LogP contribution in [-0.4, -0.2) is 21.8 Å². The molecule has 2 aromatic heterocycles. The van der Waals surface area contributed by atoms with E-state index in [2.05, 4.69) is 20.6 Å². The Labute approximate surface area is 186 Å². The third-order valence-electron chi connectivity index (χ3n) is 4.76. The second-order valence-electron chi connectivity index (χ2n) is 7.89. The first-order valence-electron chi connectivity index (χ1n) is 10.3. The van der Waals surface area contributed by atoms with Crippen LogP contribution >= 0.6 is 11.3 Å². The van der Waals surface area contributed by atoms with Crippen LogP contribution in [0.1, 0.15) is 48.7 Å². The zero-order valence-electron chi connectivity index (χ0n) is 18.3. The number of rotatable bonds is 9. The molecule has 0 saturated heterocycles. The Morgan fingerprint density at radius 2 is 2.00 bits per heavy atom. The molecule has 164 valence electrons. The first kappa shape index (κ1) is 22.7. The molecule has 0 spiro atoms.